The highest BCUT2D eigenvalue weighted by Crippen LogP contribution is 2.29. The van der Waals surface area contributed by atoms with Crippen molar-refractivity contribution in [3.8, 4) is 11.5 Å². The van der Waals surface area contributed by atoms with E-state index in [1.54, 1.807) is 31.3 Å². The molecular weight excluding hydrogens is 547 g/mol. The van der Waals surface area contributed by atoms with Crippen LogP contribution in [-0.4, -0.2) is 43.0 Å². The Labute approximate surface area is 246 Å². The summed E-state index contributed by atoms with van der Waals surface area (Å²) in [6, 6.07) is 20.2. The second-order valence-electron chi connectivity index (χ2n) is 10.2. The summed E-state index contributed by atoms with van der Waals surface area (Å²) in [5, 5.41) is 4.08. The lowest BCUT2D eigenvalue weighted by Gasteiger charge is -2.32. The van der Waals surface area contributed by atoms with Crippen molar-refractivity contribution in [3.63, 3.8) is 0 Å². The third-order valence-electron chi connectivity index (χ3n) is 7.39. The van der Waals surface area contributed by atoms with E-state index in [0.29, 0.717) is 34.4 Å². The summed E-state index contributed by atoms with van der Waals surface area (Å²) in [6.07, 6.45) is 5.24. The van der Waals surface area contributed by atoms with Gasteiger partial charge in [-0.05, 0) is 60.2 Å². The molecule has 212 valence electrons. The molecule has 1 aliphatic rings. The van der Waals surface area contributed by atoms with Gasteiger partial charge in [0.1, 0.15) is 6.04 Å². The zero-order valence-corrected chi connectivity index (χ0v) is 24.5. The Balaban J connectivity index is 1.62. The van der Waals surface area contributed by atoms with Crippen molar-refractivity contribution < 1.29 is 19.1 Å². The van der Waals surface area contributed by atoms with E-state index in [0.717, 1.165) is 42.4 Å². The Morgan fingerprint density at radius 3 is 2.25 bits per heavy atom. The first kappa shape index (κ1) is 29.8. The van der Waals surface area contributed by atoms with Crippen molar-refractivity contribution in [2.24, 2.45) is 0 Å². The monoisotopic (exact) mass is 582 g/mol. The van der Waals surface area contributed by atoms with Gasteiger partial charge in [-0.25, -0.2) is 0 Å². The summed E-state index contributed by atoms with van der Waals surface area (Å²) in [5.74, 6) is 0.988. The quantitative estimate of drug-likeness (QED) is 0.260. The van der Waals surface area contributed by atoms with Crippen LogP contribution in [0.25, 0.3) is 0 Å². The second kappa shape index (κ2) is 14.4. The van der Waals surface area contributed by atoms with E-state index in [2.05, 4.69) is 5.32 Å². The molecule has 0 spiro atoms. The molecule has 6 nitrogen and oxygen atoms in total. The van der Waals surface area contributed by atoms with Crippen LogP contribution in [0.2, 0.25) is 10.0 Å². The van der Waals surface area contributed by atoms with Gasteiger partial charge in [0.25, 0.3) is 0 Å². The van der Waals surface area contributed by atoms with Crippen molar-refractivity contribution >= 4 is 35.0 Å². The van der Waals surface area contributed by atoms with E-state index in [1.165, 1.54) is 0 Å². The van der Waals surface area contributed by atoms with E-state index in [4.69, 9.17) is 32.7 Å². The van der Waals surface area contributed by atoms with Crippen molar-refractivity contribution in [3.05, 3.63) is 93.5 Å². The molecule has 0 aliphatic heterocycles. The molecule has 4 rings (SSSR count). The van der Waals surface area contributed by atoms with Crippen LogP contribution in [0.1, 0.15) is 48.8 Å². The second-order valence-corrected chi connectivity index (χ2v) is 11.0. The number of nitrogens with one attached hydrogen (secondary N) is 1. The molecule has 3 aromatic rings. The predicted molar refractivity (Wildman–Crippen MR) is 159 cm³/mol. The van der Waals surface area contributed by atoms with E-state index in [1.807, 2.05) is 54.6 Å². The largest absolute Gasteiger partial charge is 0.493 e. The third kappa shape index (κ3) is 7.92. The summed E-state index contributed by atoms with van der Waals surface area (Å²) in [4.78, 5) is 29.5. The maximum Gasteiger partial charge on any atom is 0.243 e. The van der Waals surface area contributed by atoms with Crippen molar-refractivity contribution in [2.75, 3.05) is 14.2 Å². The highest BCUT2D eigenvalue weighted by Gasteiger charge is 2.32. The fraction of sp³-hybridized carbons (Fsp3) is 0.375. The number of benzene rings is 3. The van der Waals surface area contributed by atoms with Crippen LogP contribution in [0.5, 0.6) is 11.5 Å². The fourth-order valence-electron chi connectivity index (χ4n) is 5.19. The molecule has 0 unspecified atom stereocenters. The van der Waals surface area contributed by atoms with Gasteiger partial charge in [0.15, 0.2) is 11.5 Å². The Morgan fingerprint density at radius 1 is 0.875 bits per heavy atom. The van der Waals surface area contributed by atoms with Crippen LogP contribution in [0.4, 0.5) is 0 Å². The molecule has 3 aromatic carbocycles. The lowest BCUT2D eigenvalue weighted by atomic mass is 10.0. The van der Waals surface area contributed by atoms with Gasteiger partial charge in [0.05, 0.1) is 24.3 Å². The van der Waals surface area contributed by atoms with Gasteiger partial charge in [-0.3, -0.25) is 9.59 Å². The van der Waals surface area contributed by atoms with Crippen molar-refractivity contribution in [1.29, 1.82) is 0 Å². The normalized spacial score (nSPS) is 14.0. The van der Waals surface area contributed by atoms with Crippen LogP contribution < -0.4 is 14.8 Å². The van der Waals surface area contributed by atoms with E-state index >= 15 is 0 Å². The molecule has 0 heterocycles. The topological polar surface area (TPSA) is 67.9 Å². The summed E-state index contributed by atoms with van der Waals surface area (Å²) in [6.45, 7) is 0.233. The van der Waals surface area contributed by atoms with Crippen molar-refractivity contribution in [2.45, 2.75) is 63.6 Å². The van der Waals surface area contributed by atoms with Gasteiger partial charge < -0.3 is 19.7 Å². The summed E-state index contributed by atoms with van der Waals surface area (Å²) in [5.41, 5.74) is 2.73. The standard InChI is InChI=1S/C32H36Cl2N2O4/c1-39-29-16-13-23(20-30(29)40-2)14-17-31(37)36(21-24-12-15-26(33)27(34)18-24)28(19-22-8-4-3-5-9-22)32(38)35-25-10-6-7-11-25/h3-5,8-9,12-13,15-16,18,20,25,28H,6-7,10-11,14,17,19,21H2,1-2H3,(H,35,38)/t28-/m0/s1. The molecule has 0 aromatic heterocycles. The van der Waals surface area contributed by atoms with Gasteiger partial charge in [-0.15, -0.1) is 0 Å². The molecule has 1 N–H and O–H groups in total. The van der Waals surface area contributed by atoms with Crippen molar-refractivity contribution in [1.82, 2.24) is 10.2 Å². The summed E-state index contributed by atoms with van der Waals surface area (Å²) >= 11 is 12.5. The zero-order chi connectivity index (χ0) is 28.5. The molecule has 1 aliphatic carbocycles. The molecule has 1 fully saturated rings. The molecule has 40 heavy (non-hydrogen) atoms. The highest BCUT2D eigenvalue weighted by molar-refractivity contribution is 6.42. The van der Waals surface area contributed by atoms with E-state index < -0.39 is 6.04 Å². The number of hydrogen-bond acceptors (Lipinski definition) is 4. The van der Waals surface area contributed by atoms with Crippen LogP contribution in [-0.2, 0) is 29.0 Å². The number of rotatable bonds is 12. The van der Waals surface area contributed by atoms with Gasteiger partial charge in [0.2, 0.25) is 11.8 Å². The fourth-order valence-corrected chi connectivity index (χ4v) is 5.51. The van der Waals surface area contributed by atoms with E-state index in [9.17, 15) is 9.59 Å². The molecule has 0 bridgehead atoms. The average Bonchev–Trinajstić information content (AvgIpc) is 3.48. The molecule has 0 radical (unpaired) electrons. The number of nitrogens with zero attached hydrogens (tertiary/aromatic N) is 1. The SMILES string of the molecule is COc1ccc(CCC(=O)N(Cc2ccc(Cl)c(Cl)c2)[C@@H](Cc2ccccc2)C(=O)NC2CCCC2)cc1OC. The minimum atomic E-state index is -0.685. The van der Waals surface area contributed by atoms with Crippen LogP contribution in [0.3, 0.4) is 0 Å². The summed E-state index contributed by atoms with van der Waals surface area (Å²) in [7, 11) is 3.17. The lowest BCUT2D eigenvalue weighted by Crippen LogP contribution is -2.52. The van der Waals surface area contributed by atoms with Crippen LogP contribution >= 0.6 is 23.2 Å². The number of ether oxygens (including phenoxy) is 2. The maximum absolute atomic E-state index is 14.0. The third-order valence-corrected chi connectivity index (χ3v) is 8.12. The van der Waals surface area contributed by atoms with Crippen LogP contribution in [0.15, 0.2) is 66.7 Å². The molecule has 8 heteroatoms. The number of halogens is 2. The molecule has 1 saturated carbocycles. The predicted octanol–water partition coefficient (Wildman–Crippen LogP) is 6.64. The Morgan fingerprint density at radius 2 is 1.57 bits per heavy atom. The van der Waals surface area contributed by atoms with Gasteiger partial charge >= 0.3 is 0 Å². The summed E-state index contributed by atoms with van der Waals surface area (Å²) < 4.78 is 10.8. The maximum atomic E-state index is 14.0. The Bertz CT molecular complexity index is 1300. The first-order valence-corrected chi connectivity index (χ1v) is 14.4. The number of amides is 2. The molecule has 0 saturated heterocycles. The number of carbonyl (C=O) groups is 2. The Hall–Kier alpha value is -3.22. The van der Waals surface area contributed by atoms with Gasteiger partial charge in [-0.2, -0.15) is 0 Å². The average molecular weight is 584 g/mol. The number of hydrogen-bond donors (Lipinski definition) is 1. The number of aryl methyl sites for hydroxylation is 1. The molecular formula is C32H36Cl2N2O4. The van der Waals surface area contributed by atoms with Gasteiger partial charge in [0, 0.05) is 25.4 Å². The smallest absolute Gasteiger partial charge is 0.243 e. The molecule has 1 atom stereocenters. The highest BCUT2D eigenvalue weighted by atomic mass is 35.5. The van der Waals surface area contributed by atoms with E-state index in [-0.39, 0.29) is 30.8 Å². The first-order chi connectivity index (χ1) is 19.4. The lowest BCUT2D eigenvalue weighted by molar-refractivity contribution is -0.141. The minimum Gasteiger partial charge on any atom is -0.493 e. The van der Waals surface area contributed by atoms with Crippen LogP contribution in [0, 0.1) is 0 Å². The number of carbonyl (C=O) groups excluding carboxylic acids is 2. The van der Waals surface area contributed by atoms with Gasteiger partial charge in [-0.1, -0.05) is 78.5 Å². The minimum absolute atomic E-state index is 0.122. The number of methoxy groups -OCH3 is 2. The first-order valence-electron chi connectivity index (χ1n) is 13.7. The Kier molecular flexibility index (Phi) is 10.7. The zero-order valence-electron chi connectivity index (χ0n) is 23.0. The molecule has 2 amide bonds.